The summed E-state index contributed by atoms with van der Waals surface area (Å²) in [6.45, 7) is 3.17. The van der Waals surface area contributed by atoms with Crippen LogP contribution in [0.4, 0.5) is 0 Å². The SMILES string of the molecule is C=CCN([O-])O. The van der Waals surface area contributed by atoms with Crippen LogP contribution in [0.25, 0.3) is 0 Å². The number of hydrogen-bond acceptors (Lipinski definition) is 3. The van der Waals surface area contributed by atoms with Gasteiger partial charge in [0.2, 0.25) is 0 Å². The largest absolute Gasteiger partial charge is 0.762 e. The Morgan fingerprint density at radius 3 is 2.50 bits per heavy atom. The van der Waals surface area contributed by atoms with Gasteiger partial charge in [-0.1, -0.05) is 6.08 Å². The molecule has 0 atom stereocenters. The highest BCUT2D eigenvalue weighted by molar-refractivity contribution is 4.68. The summed E-state index contributed by atoms with van der Waals surface area (Å²) < 4.78 is 0. The lowest BCUT2D eigenvalue weighted by Crippen LogP contribution is -2.08. The van der Waals surface area contributed by atoms with E-state index < -0.39 is 0 Å². The minimum absolute atomic E-state index is 0.0278. The fourth-order valence-electron chi connectivity index (χ4n) is 0.110. The van der Waals surface area contributed by atoms with Gasteiger partial charge in [-0.15, -0.1) is 6.58 Å². The molecule has 36 valence electrons. The van der Waals surface area contributed by atoms with Gasteiger partial charge in [0.05, 0.1) is 0 Å². The first-order chi connectivity index (χ1) is 2.77. The molecule has 0 fully saturated rings. The fourth-order valence-corrected chi connectivity index (χ4v) is 0.110. The third-order valence-electron chi connectivity index (χ3n) is 0.285. The van der Waals surface area contributed by atoms with Crippen LogP contribution < -0.4 is 0 Å². The van der Waals surface area contributed by atoms with Gasteiger partial charge in [-0.2, -0.15) is 0 Å². The lowest BCUT2D eigenvalue weighted by Gasteiger charge is -2.15. The third kappa shape index (κ3) is 3.62. The number of nitrogens with zero attached hydrogens (tertiary/aromatic N) is 1. The smallest absolute Gasteiger partial charge is 0.0282 e. The maximum atomic E-state index is 9.44. The Labute approximate surface area is 36.0 Å². The summed E-state index contributed by atoms with van der Waals surface area (Å²) in [5.41, 5.74) is 0. The van der Waals surface area contributed by atoms with Crippen molar-refractivity contribution < 1.29 is 5.21 Å². The second kappa shape index (κ2) is 2.84. The molecule has 0 aliphatic rings. The molecule has 1 N–H and O–H groups in total. The summed E-state index contributed by atoms with van der Waals surface area (Å²) in [5.74, 6) is 0. The van der Waals surface area contributed by atoms with Crippen LogP contribution in [0.3, 0.4) is 0 Å². The van der Waals surface area contributed by atoms with E-state index in [1.165, 1.54) is 6.08 Å². The van der Waals surface area contributed by atoms with Crippen molar-refractivity contribution in [2.75, 3.05) is 6.54 Å². The minimum atomic E-state index is -0.188. The van der Waals surface area contributed by atoms with Crippen molar-refractivity contribution in [2.24, 2.45) is 0 Å². The molecule has 3 heteroatoms. The van der Waals surface area contributed by atoms with Crippen LogP contribution in [0, 0.1) is 5.21 Å². The lowest BCUT2D eigenvalue weighted by atomic mass is 10.7. The molecule has 0 aromatic carbocycles. The zero-order chi connectivity index (χ0) is 4.99. The molecule has 0 aliphatic heterocycles. The van der Waals surface area contributed by atoms with Crippen molar-refractivity contribution in [1.82, 2.24) is 5.23 Å². The first-order valence-electron chi connectivity index (χ1n) is 1.52. The van der Waals surface area contributed by atoms with E-state index in [1.54, 1.807) is 0 Å². The van der Waals surface area contributed by atoms with Gasteiger partial charge >= 0.3 is 0 Å². The van der Waals surface area contributed by atoms with Crippen molar-refractivity contribution in [3.05, 3.63) is 17.9 Å². The van der Waals surface area contributed by atoms with Crippen LogP contribution in [0.5, 0.6) is 0 Å². The molecule has 0 aliphatic carbocycles. The van der Waals surface area contributed by atoms with Gasteiger partial charge in [-0.3, -0.25) is 5.23 Å². The van der Waals surface area contributed by atoms with Crippen molar-refractivity contribution >= 4 is 0 Å². The topological polar surface area (TPSA) is 46.5 Å². The molecule has 6 heavy (non-hydrogen) atoms. The van der Waals surface area contributed by atoms with Crippen LogP contribution in [0.2, 0.25) is 0 Å². The Kier molecular flexibility index (Phi) is 2.66. The normalized spacial score (nSPS) is 9.17. The Bertz CT molecular complexity index is 44.1. The van der Waals surface area contributed by atoms with Crippen molar-refractivity contribution in [3.63, 3.8) is 0 Å². The standard InChI is InChI=1S/C3H6NO2/c1-2-3-4(5)6/h2,5H,1,3H2/q-1. The molecule has 0 bridgehead atoms. The highest BCUT2D eigenvalue weighted by atomic mass is 16.8. The molecule has 0 saturated carbocycles. The average Bonchev–Trinajstić information content (AvgIpc) is 1.35. The maximum absolute atomic E-state index is 9.44. The molecule has 3 nitrogen and oxygen atoms in total. The van der Waals surface area contributed by atoms with Gasteiger partial charge in [0.1, 0.15) is 0 Å². The summed E-state index contributed by atoms with van der Waals surface area (Å²) in [5, 5.41) is 17.0. The molecule has 0 aromatic heterocycles. The van der Waals surface area contributed by atoms with E-state index in [0.717, 1.165) is 0 Å². The quantitative estimate of drug-likeness (QED) is 0.391. The van der Waals surface area contributed by atoms with Crippen molar-refractivity contribution in [2.45, 2.75) is 0 Å². The second-order valence-electron chi connectivity index (χ2n) is 0.823. The zero-order valence-corrected chi connectivity index (χ0v) is 3.29. The van der Waals surface area contributed by atoms with Crippen LogP contribution in [0.15, 0.2) is 12.7 Å². The van der Waals surface area contributed by atoms with Gasteiger partial charge in [-0.25, -0.2) is 0 Å². The number of hydrogen-bond donors (Lipinski definition) is 1. The summed E-state index contributed by atoms with van der Waals surface area (Å²) in [6.07, 6.45) is 1.31. The van der Waals surface area contributed by atoms with E-state index in [0.29, 0.717) is 0 Å². The number of rotatable bonds is 2. The maximum Gasteiger partial charge on any atom is 0.0282 e. The fraction of sp³-hybridized carbons (Fsp3) is 0.333. The van der Waals surface area contributed by atoms with E-state index in [1.807, 2.05) is 0 Å². The van der Waals surface area contributed by atoms with Gasteiger partial charge in [-0.05, 0) is 0 Å². The highest BCUT2D eigenvalue weighted by Gasteiger charge is 1.68. The van der Waals surface area contributed by atoms with Crippen LogP contribution in [0.1, 0.15) is 0 Å². The first kappa shape index (κ1) is 5.62. The van der Waals surface area contributed by atoms with Crippen LogP contribution in [-0.4, -0.2) is 17.0 Å². The monoisotopic (exact) mass is 88.0 g/mol. The summed E-state index contributed by atoms with van der Waals surface area (Å²) in [7, 11) is 0. The third-order valence-corrected chi connectivity index (χ3v) is 0.285. The molecule has 0 amide bonds. The first-order valence-corrected chi connectivity index (χ1v) is 1.52. The Hall–Kier alpha value is -0.380. The van der Waals surface area contributed by atoms with E-state index in [2.05, 4.69) is 6.58 Å². The van der Waals surface area contributed by atoms with Gasteiger partial charge in [0.25, 0.3) is 0 Å². The molecule has 0 rings (SSSR count). The second-order valence-corrected chi connectivity index (χ2v) is 0.823. The van der Waals surface area contributed by atoms with Crippen molar-refractivity contribution in [3.8, 4) is 0 Å². The van der Waals surface area contributed by atoms with Crippen molar-refractivity contribution in [1.29, 1.82) is 0 Å². The van der Waals surface area contributed by atoms with Gasteiger partial charge in [0, 0.05) is 6.54 Å². The molecule has 0 unspecified atom stereocenters. The minimum Gasteiger partial charge on any atom is -0.762 e. The Morgan fingerprint density at radius 2 is 2.50 bits per heavy atom. The summed E-state index contributed by atoms with van der Waals surface area (Å²) in [4.78, 5) is 0. The van der Waals surface area contributed by atoms with E-state index >= 15 is 0 Å². The van der Waals surface area contributed by atoms with E-state index in [9.17, 15) is 5.21 Å². The molecular weight excluding hydrogens is 82.0 g/mol. The molecular formula is C3H6NO2-. The van der Waals surface area contributed by atoms with E-state index in [4.69, 9.17) is 5.21 Å². The molecule has 0 radical (unpaired) electrons. The lowest BCUT2D eigenvalue weighted by molar-refractivity contribution is -0.0287. The van der Waals surface area contributed by atoms with Gasteiger partial charge < -0.3 is 10.4 Å². The summed E-state index contributed by atoms with van der Waals surface area (Å²) >= 11 is 0. The van der Waals surface area contributed by atoms with Crippen LogP contribution in [-0.2, 0) is 0 Å². The molecule has 0 saturated heterocycles. The Morgan fingerprint density at radius 1 is 2.00 bits per heavy atom. The summed E-state index contributed by atoms with van der Waals surface area (Å²) in [6, 6.07) is 0. The molecule has 0 aromatic rings. The molecule has 0 spiro atoms. The highest BCUT2D eigenvalue weighted by Crippen LogP contribution is 1.70. The van der Waals surface area contributed by atoms with Crippen LogP contribution >= 0.6 is 0 Å². The predicted octanol–water partition coefficient (Wildman–Crippen LogP) is 0.361. The number of hydroxylamine groups is 2. The Balaban J connectivity index is 2.81. The average molecular weight is 88.1 g/mol. The van der Waals surface area contributed by atoms with E-state index in [-0.39, 0.29) is 11.8 Å². The molecule has 0 heterocycles. The zero-order valence-electron chi connectivity index (χ0n) is 3.29. The van der Waals surface area contributed by atoms with Gasteiger partial charge in [0.15, 0.2) is 0 Å². The predicted molar refractivity (Wildman–Crippen MR) is 22.1 cm³/mol.